The fourth-order valence-corrected chi connectivity index (χ4v) is 1.72. The fourth-order valence-electron chi connectivity index (χ4n) is 1.72. The number of hydrogen-bond donors (Lipinski definition) is 0. The summed E-state index contributed by atoms with van der Waals surface area (Å²) >= 11 is 0. The minimum atomic E-state index is -1.21. The van der Waals surface area contributed by atoms with Crippen LogP contribution < -0.4 is 9.47 Å². The van der Waals surface area contributed by atoms with E-state index >= 15 is 0 Å². The molecule has 7 heteroatoms. The zero-order chi connectivity index (χ0) is 16.7. The van der Waals surface area contributed by atoms with Crippen LogP contribution in [0.25, 0.3) is 0 Å². The quantitative estimate of drug-likeness (QED) is 0.584. The summed E-state index contributed by atoms with van der Waals surface area (Å²) in [7, 11) is 1.39. The third-order valence-electron chi connectivity index (χ3n) is 2.53. The molecule has 0 aliphatic carbocycles. The van der Waals surface area contributed by atoms with Crippen LogP contribution in [0.3, 0.4) is 0 Å². The molecular weight excluding hydrogens is 292 g/mol. The van der Waals surface area contributed by atoms with Gasteiger partial charge in [-0.1, -0.05) is 6.07 Å². The van der Waals surface area contributed by atoms with Crippen LogP contribution in [-0.4, -0.2) is 31.6 Å². The molecule has 0 N–H and O–H groups in total. The van der Waals surface area contributed by atoms with Crippen LogP contribution in [0.1, 0.15) is 32.4 Å². The van der Waals surface area contributed by atoms with Gasteiger partial charge >= 0.3 is 17.9 Å². The second-order valence-corrected chi connectivity index (χ2v) is 4.25. The molecule has 1 atom stereocenters. The fraction of sp³-hybridized carbons (Fsp3) is 0.400. The Morgan fingerprint density at radius 2 is 1.77 bits per heavy atom. The van der Waals surface area contributed by atoms with E-state index in [1.807, 2.05) is 0 Å². The lowest BCUT2D eigenvalue weighted by molar-refractivity contribution is -0.167. The van der Waals surface area contributed by atoms with Crippen molar-refractivity contribution in [2.24, 2.45) is 0 Å². The van der Waals surface area contributed by atoms with Crippen LogP contribution in [-0.2, 0) is 23.9 Å². The lowest BCUT2D eigenvalue weighted by atomic mass is 10.1. The summed E-state index contributed by atoms with van der Waals surface area (Å²) in [5.74, 6) is -1.40. The Hall–Kier alpha value is -2.57. The van der Waals surface area contributed by atoms with Crippen molar-refractivity contribution >= 4 is 17.9 Å². The molecule has 0 saturated heterocycles. The van der Waals surface area contributed by atoms with Crippen molar-refractivity contribution in [3.63, 3.8) is 0 Å². The molecule has 0 aliphatic rings. The monoisotopic (exact) mass is 310 g/mol. The summed E-state index contributed by atoms with van der Waals surface area (Å²) in [6.07, 6.45) is -1.21. The molecule has 0 aliphatic heterocycles. The van der Waals surface area contributed by atoms with E-state index in [0.29, 0.717) is 5.56 Å². The first-order chi connectivity index (χ1) is 10.4. The number of hydrogen-bond acceptors (Lipinski definition) is 7. The third-order valence-corrected chi connectivity index (χ3v) is 2.53. The van der Waals surface area contributed by atoms with Crippen LogP contribution in [0.5, 0.6) is 11.5 Å². The van der Waals surface area contributed by atoms with E-state index in [2.05, 4.69) is 0 Å². The zero-order valence-corrected chi connectivity index (χ0v) is 12.9. The molecule has 0 unspecified atom stereocenters. The van der Waals surface area contributed by atoms with E-state index in [9.17, 15) is 14.4 Å². The second kappa shape index (κ2) is 8.02. The molecule has 0 aromatic heterocycles. The number of rotatable bonds is 6. The van der Waals surface area contributed by atoms with Gasteiger partial charge in [0.25, 0.3) is 0 Å². The minimum Gasteiger partial charge on any atom is -0.493 e. The summed E-state index contributed by atoms with van der Waals surface area (Å²) in [5, 5.41) is 0. The van der Waals surface area contributed by atoms with Crippen LogP contribution in [0, 0.1) is 0 Å². The molecule has 1 aromatic carbocycles. The predicted molar refractivity (Wildman–Crippen MR) is 75.4 cm³/mol. The zero-order valence-electron chi connectivity index (χ0n) is 12.9. The van der Waals surface area contributed by atoms with E-state index in [0.717, 1.165) is 0 Å². The smallest absolute Gasteiger partial charge is 0.352 e. The highest BCUT2D eigenvalue weighted by Gasteiger charge is 2.26. The van der Waals surface area contributed by atoms with Gasteiger partial charge in [0.2, 0.25) is 6.10 Å². The molecule has 0 bridgehead atoms. The van der Waals surface area contributed by atoms with E-state index < -0.39 is 24.0 Å². The summed E-state index contributed by atoms with van der Waals surface area (Å²) in [6, 6.07) is 4.39. The van der Waals surface area contributed by atoms with Crippen LogP contribution >= 0.6 is 0 Å². The predicted octanol–water partition coefficient (Wildman–Crippen LogP) is 1.79. The van der Waals surface area contributed by atoms with Gasteiger partial charge in [-0.2, -0.15) is 0 Å². The van der Waals surface area contributed by atoms with Gasteiger partial charge in [0.15, 0.2) is 11.5 Å². The van der Waals surface area contributed by atoms with Gasteiger partial charge in [-0.15, -0.1) is 0 Å². The molecule has 120 valence electrons. The Labute approximate surface area is 128 Å². The Kier molecular flexibility index (Phi) is 6.37. The van der Waals surface area contributed by atoms with Crippen molar-refractivity contribution in [3.05, 3.63) is 23.8 Å². The van der Waals surface area contributed by atoms with E-state index in [-0.39, 0.29) is 18.1 Å². The van der Waals surface area contributed by atoms with E-state index in [1.165, 1.54) is 39.2 Å². The van der Waals surface area contributed by atoms with Gasteiger partial charge in [-0.3, -0.25) is 9.59 Å². The van der Waals surface area contributed by atoms with Gasteiger partial charge in [0.1, 0.15) is 0 Å². The van der Waals surface area contributed by atoms with Crippen LogP contribution in [0.15, 0.2) is 18.2 Å². The summed E-state index contributed by atoms with van der Waals surface area (Å²) < 4.78 is 20.0. The van der Waals surface area contributed by atoms with Crippen molar-refractivity contribution in [2.45, 2.75) is 26.9 Å². The highest BCUT2D eigenvalue weighted by molar-refractivity contribution is 5.80. The molecule has 0 fully saturated rings. The van der Waals surface area contributed by atoms with Crippen molar-refractivity contribution < 1.29 is 33.3 Å². The van der Waals surface area contributed by atoms with E-state index in [4.69, 9.17) is 18.9 Å². The lowest BCUT2D eigenvalue weighted by Crippen LogP contribution is -2.21. The van der Waals surface area contributed by atoms with Crippen molar-refractivity contribution in [2.75, 3.05) is 13.7 Å². The molecule has 0 spiro atoms. The summed E-state index contributed by atoms with van der Waals surface area (Å²) in [5.41, 5.74) is 0.349. The van der Waals surface area contributed by atoms with Crippen molar-refractivity contribution in [1.82, 2.24) is 0 Å². The number of carbonyl (C=O) groups is 3. The molecular formula is C15H18O7. The van der Waals surface area contributed by atoms with Crippen LogP contribution in [0.2, 0.25) is 0 Å². The number of carbonyl (C=O) groups excluding carboxylic acids is 3. The molecule has 0 amide bonds. The summed E-state index contributed by atoms with van der Waals surface area (Å²) in [6.45, 7) is 4.25. The van der Waals surface area contributed by atoms with Gasteiger partial charge in [-0.25, -0.2) is 4.79 Å². The number of benzene rings is 1. The maximum absolute atomic E-state index is 11.9. The standard InChI is InChI=1S/C15H18O7/c1-5-20-15(18)14(22-10(3)17)11-6-7-12(21-9(2)16)13(8-11)19-4/h6-8,14H,5H2,1-4H3/t14-/m0/s1. The van der Waals surface area contributed by atoms with Crippen molar-refractivity contribution in [1.29, 1.82) is 0 Å². The first kappa shape index (κ1) is 17.5. The van der Waals surface area contributed by atoms with Gasteiger partial charge in [-0.05, 0) is 19.1 Å². The van der Waals surface area contributed by atoms with Crippen LogP contribution in [0.4, 0.5) is 0 Å². The Balaban J connectivity index is 3.16. The Morgan fingerprint density at radius 3 is 2.27 bits per heavy atom. The first-order valence-electron chi connectivity index (χ1n) is 6.59. The Bertz CT molecular complexity index is 565. The number of methoxy groups -OCH3 is 1. The molecule has 0 saturated carbocycles. The molecule has 7 nitrogen and oxygen atoms in total. The highest BCUT2D eigenvalue weighted by Crippen LogP contribution is 2.32. The first-order valence-corrected chi connectivity index (χ1v) is 6.59. The third kappa shape index (κ3) is 4.76. The van der Waals surface area contributed by atoms with Crippen molar-refractivity contribution in [3.8, 4) is 11.5 Å². The van der Waals surface area contributed by atoms with Gasteiger partial charge < -0.3 is 18.9 Å². The van der Waals surface area contributed by atoms with Gasteiger partial charge in [0, 0.05) is 19.4 Å². The largest absolute Gasteiger partial charge is 0.493 e. The van der Waals surface area contributed by atoms with E-state index in [1.54, 1.807) is 6.92 Å². The second-order valence-electron chi connectivity index (χ2n) is 4.25. The average Bonchev–Trinajstić information content (AvgIpc) is 2.44. The highest BCUT2D eigenvalue weighted by atomic mass is 16.6. The lowest BCUT2D eigenvalue weighted by Gasteiger charge is -2.17. The molecule has 22 heavy (non-hydrogen) atoms. The maximum Gasteiger partial charge on any atom is 0.352 e. The Morgan fingerprint density at radius 1 is 1.09 bits per heavy atom. The summed E-state index contributed by atoms with van der Waals surface area (Å²) in [4.78, 5) is 34.1. The molecule has 0 radical (unpaired) electrons. The molecule has 1 rings (SSSR count). The number of ether oxygens (including phenoxy) is 4. The van der Waals surface area contributed by atoms with Gasteiger partial charge in [0.05, 0.1) is 13.7 Å². The molecule has 0 heterocycles. The topological polar surface area (TPSA) is 88.1 Å². The maximum atomic E-state index is 11.9. The molecule has 1 aromatic rings. The number of esters is 3. The average molecular weight is 310 g/mol. The SMILES string of the molecule is CCOC(=O)[C@@H](OC(C)=O)c1ccc(OC(C)=O)c(OC)c1. The minimum absolute atomic E-state index is 0.152. The normalized spacial score (nSPS) is 11.3.